The second-order valence-corrected chi connectivity index (χ2v) is 6.31. The van der Waals surface area contributed by atoms with E-state index >= 15 is 0 Å². The van der Waals surface area contributed by atoms with Crippen LogP contribution in [0.4, 0.5) is 0 Å². The molecule has 9 heteroatoms. The van der Waals surface area contributed by atoms with E-state index in [9.17, 15) is 4.79 Å². The van der Waals surface area contributed by atoms with Crippen molar-refractivity contribution in [3.05, 3.63) is 59.0 Å². The summed E-state index contributed by atoms with van der Waals surface area (Å²) < 4.78 is 8.04. The van der Waals surface area contributed by atoms with E-state index in [1.807, 2.05) is 18.3 Å². The van der Waals surface area contributed by atoms with E-state index in [0.717, 1.165) is 45.0 Å². The zero-order chi connectivity index (χ0) is 17.8. The maximum atomic E-state index is 12.1. The first-order chi connectivity index (χ1) is 12.8. The molecule has 9 nitrogen and oxygen atoms in total. The van der Waals surface area contributed by atoms with E-state index in [-0.39, 0.29) is 5.56 Å². The highest BCUT2D eigenvalue weighted by molar-refractivity contribution is 5.17. The monoisotopic (exact) mass is 355 g/mol. The first kappa shape index (κ1) is 16.7. The molecule has 1 aliphatic rings. The van der Waals surface area contributed by atoms with Crippen LogP contribution in [0.2, 0.25) is 0 Å². The van der Waals surface area contributed by atoms with Crippen molar-refractivity contribution in [3.63, 3.8) is 0 Å². The van der Waals surface area contributed by atoms with E-state index < -0.39 is 0 Å². The Morgan fingerprint density at radius 1 is 1.04 bits per heavy atom. The quantitative estimate of drug-likeness (QED) is 0.626. The number of piperazine rings is 1. The summed E-state index contributed by atoms with van der Waals surface area (Å²) in [6.07, 6.45) is 5.11. The van der Waals surface area contributed by atoms with Gasteiger partial charge in [-0.25, -0.2) is 9.36 Å². The van der Waals surface area contributed by atoms with Crippen molar-refractivity contribution in [2.24, 2.45) is 0 Å². The predicted molar refractivity (Wildman–Crippen MR) is 93.8 cm³/mol. The lowest BCUT2D eigenvalue weighted by Gasteiger charge is -2.34. The fourth-order valence-corrected chi connectivity index (χ4v) is 3.08. The van der Waals surface area contributed by atoms with Gasteiger partial charge in [-0.2, -0.15) is 5.10 Å². The topological polar surface area (TPSA) is 85.2 Å². The summed E-state index contributed by atoms with van der Waals surface area (Å²) >= 11 is 0. The summed E-state index contributed by atoms with van der Waals surface area (Å²) in [6.45, 7) is 6.06. The van der Waals surface area contributed by atoms with Crippen LogP contribution in [0.1, 0.15) is 5.69 Å². The third-order valence-corrected chi connectivity index (χ3v) is 4.56. The van der Waals surface area contributed by atoms with Gasteiger partial charge >= 0.3 is 0 Å². The highest BCUT2D eigenvalue weighted by Crippen LogP contribution is 2.07. The zero-order valence-electron chi connectivity index (χ0n) is 14.4. The molecule has 1 fully saturated rings. The van der Waals surface area contributed by atoms with Gasteiger partial charge in [-0.05, 0) is 12.1 Å². The molecule has 0 aliphatic carbocycles. The molecule has 3 aromatic heterocycles. The van der Waals surface area contributed by atoms with Crippen LogP contribution in [0.15, 0.2) is 52.2 Å². The van der Waals surface area contributed by atoms with Crippen LogP contribution >= 0.6 is 0 Å². The maximum Gasteiger partial charge on any atom is 0.266 e. The summed E-state index contributed by atoms with van der Waals surface area (Å²) in [7, 11) is 0. The van der Waals surface area contributed by atoms with E-state index in [1.54, 1.807) is 29.3 Å². The van der Waals surface area contributed by atoms with Gasteiger partial charge in [-0.15, -0.1) is 5.10 Å². The molecular weight excluding hydrogens is 334 g/mol. The van der Waals surface area contributed by atoms with Crippen LogP contribution in [0.5, 0.6) is 0 Å². The molecule has 0 unspecified atom stereocenters. The summed E-state index contributed by atoms with van der Waals surface area (Å²) in [5.74, 6) is 0.645. The van der Waals surface area contributed by atoms with Crippen molar-refractivity contribution >= 4 is 0 Å². The van der Waals surface area contributed by atoms with Gasteiger partial charge in [-0.1, -0.05) is 5.16 Å². The van der Waals surface area contributed by atoms with E-state index in [0.29, 0.717) is 12.4 Å². The third-order valence-electron chi connectivity index (χ3n) is 4.56. The van der Waals surface area contributed by atoms with E-state index in [1.165, 1.54) is 4.68 Å². The normalized spacial score (nSPS) is 16.2. The van der Waals surface area contributed by atoms with Gasteiger partial charge in [0, 0.05) is 63.8 Å². The lowest BCUT2D eigenvalue weighted by Crippen LogP contribution is -2.47. The van der Waals surface area contributed by atoms with E-state index in [2.05, 4.69) is 25.2 Å². The molecule has 0 aromatic carbocycles. The molecule has 0 N–H and O–H groups in total. The Labute approximate surface area is 150 Å². The molecule has 136 valence electrons. The minimum absolute atomic E-state index is 0.0921. The van der Waals surface area contributed by atoms with Crippen molar-refractivity contribution in [1.82, 2.24) is 34.5 Å². The van der Waals surface area contributed by atoms with Crippen molar-refractivity contribution in [3.8, 4) is 5.82 Å². The summed E-state index contributed by atoms with van der Waals surface area (Å²) in [5, 5.41) is 12.5. The first-order valence-corrected chi connectivity index (χ1v) is 8.70. The van der Waals surface area contributed by atoms with Crippen molar-refractivity contribution in [2.75, 3.05) is 32.7 Å². The Morgan fingerprint density at radius 2 is 1.88 bits per heavy atom. The van der Waals surface area contributed by atoms with Crippen LogP contribution in [0.3, 0.4) is 0 Å². The molecule has 4 rings (SSSR count). The van der Waals surface area contributed by atoms with Crippen molar-refractivity contribution < 1.29 is 4.52 Å². The van der Waals surface area contributed by atoms with Crippen LogP contribution in [-0.2, 0) is 13.1 Å². The Hall–Kier alpha value is -2.78. The first-order valence-electron chi connectivity index (χ1n) is 8.70. The van der Waals surface area contributed by atoms with Gasteiger partial charge in [0.1, 0.15) is 6.26 Å². The van der Waals surface area contributed by atoms with Crippen LogP contribution < -0.4 is 5.56 Å². The Kier molecular flexibility index (Phi) is 4.89. The average Bonchev–Trinajstić information content (AvgIpc) is 3.36. The highest BCUT2D eigenvalue weighted by Gasteiger charge is 2.17. The van der Waals surface area contributed by atoms with Gasteiger partial charge < -0.3 is 4.52 Å². The molecular formula is C17H21N7O2. The molecule has 1 saturated heterocycles. The number of hydrogen-bond acceptors (Lipinski definition) is 7. The highest BCUT2D eigenvalue weighted by atomic mass is 16.5. The molecule has 0 saturated carbocycles. The van der Waals surface area contributed by atoms with E-state index in [4.69, 9.17) is 4.52 Å². The second-order valence-electron chi connectivity index (χ2n) is 6.31. The van der Waals surface area contributed by atoms with Gasteiger partial charge in [-0.3, -0.25) is 14.6 Å². The molecule has 0 atom stereocenters. The fourth-order valence-electron chi connectivity index (χ4n) is 3.08. The molecule has 3 aromatic rings. The predicted octanol–water partition coefficient (Wildman–Crippen LogP) is 0.235. The number of nitrogens with zero attached hydrogens (tertiary/aromatic N) is 7. The van der Waals surface area contributed by atoms with Gasteiger partial charge in [0.25, 0.3) is 5.56 Å². The fraction of sp³-hybridized carbons (Fsp3) is 0.412. The summed E-state index contributed by atoms with van der Waals surface area (Å²) in [4.78, 5) is 16.8. The van der Waals surface area contributed by atoms with Crippen LogP contribution in [0, 0.1) is 0 Å². The minimum atomic E-state index is -0.0921. The molecule has 0 amide bonds. The lowest BCUT2D eigenvalue weighted by molar-refractivity contribution is 0.120. The maximum absolute atomic E-state index is 12.1. The Morgan fingerprint density at radius 3 is 2.62 bits per heavy atom. The van der Waals surface area contributed by atoms with Crippen LogP contribution in [-0.4, -0.2) is 67.2 Å². The molecule has 0 bridgehead atoms. The summed E-state index contributed by atoms with van der Waals surface area (Å²) in [5.41, 5.74) is 0.871. The van der Waals surface area contributed by atoms with Gasteiger partial charge in [0.15, 0.2) is 5.82 Å². The van der Waals surface area contributed by atoms with Gasteiger partial charge in [0.05, 0.1) is 12.2 Å². The zero-order valence-corrected chi connectivity index (χ0v) is 14.4. The molecule has 0 spiro atoms. The largest absolute Gasteiger partial charge is 0.364 e. The SMILES string of the molecule is O=c1ccc(-n2cccn2)nn1CCN1CCN(Cc2ccon2)CC1. The third kappa shape index (κ3) is 3.89. The van der Waals surface area contributed by atoms with Crippen molar-refractivity contribution in [1.29, 1.82) is 0 Å². The standard InChI is InChI=1S/C17H21N7O2/c25-17-3-2-16(23-6-1-5-18-23)19-24(17)12-11-21-7-9-22(10-8-21)14-15-4-13-26-20-15/h1-6,13H,7-12,14H2. The minimum Gasteiger partial charge on any atom is -0.364 e. The van der Waals surface area contributed by atoms with Crippen molar-refractivity contribution in [2.45, 2.75) is 13.1 Å². The molecule has 26 heavy (non-hydrogen) atoms. The van der Waals surface area contributed by atoms with Crippen LogP contribution in [0.25, 0.3) is 5.82 Å². The second kappa shape index (κ2) is 7.63. The Balaban J connectivity index is 1.31. The molecule has 4 heterocycles. The lowest BCUT2D eigenvalue weighted by atomic mass is 10.3. The molecule has 1 aliphatic heterocycles. The smallest absolute Gasteiger partial charge is 0.266 e. The number of rotatable bonds is 6. The van der Waals surface area contributed by atoms with Gasteiger partial charge in [0.2, 0.25) is 0 Å². The Bertz CT molecular complexity index is 865. The summed E-state index contributed by atoms with van der Waals surface area (Å²) in [6, 6.07) is 6.96. The number of hydrogen-bond donors (Lipinski definition) is 0. The average molecular weight is 355 g/mol. The number of aromatic nitrogens is 5. The molecule has 0 radical (unpaired) electrons.